The molecule has 1 aromatic heterocycles. The molecule has 30 heavy (non-hydrogen) atoms. The highest BCUT2D eigenvalue weighted by atomic mass is 32.1. The van der Waals surface area contributed by atoms with Crippen LogP contribution in [0.4, 0.5) is 11.4 Å². The zero-order chi connectivity index (χ0) is 21.4. The summed E-state index contributed by atoms with van der Waals surface area (Å²) in [6.45, 7) is 5.84. The molecule has 0 radical (unpaired) electrons. The van der Waals surface area contributed by atoms with Gasteiger partial charge < -0.3 is 0 Å². The Hall–Kier alpha value is -3.09. The number of amides is 2. The average Bonchev–Trinajstić information content (AvgIpc) is 3.13. The smallest absolute Gasteiger partial charge is 0.268 e. The van der Waals surface area contributed by atoms with E-state index >= 15 is 0 Å². The Balaban J connectivity index is 1.91. The lowest BCUT2D eigenvalue weighted by Gasteiger charge is -2.37. The highest BCUT2D eigenvalue weighted by molar-refractivity contribution is 7.81. The first-order valence-electron chi connectivity index (χ1n) is 9.50. The van der Waals surface area contributed by atoms with Crippen molar-refractivity contribution >= 4 is 57.9 Å². The van der Waals surface area contributed by atoms with Crippen molar-refractivity contribution in [2.24, 2.45) is 0 Å². The molecule has 0 N–H and O–H groups in total. The summed E-state index contributed by atoms with van der Waals surface area (Å²) in [6.07, 6.45) is 1.67. The third-order valence-corrected chi connectivity index (χ3v) is 6.32. The van der Waals surface area contributed by atoms with E-state index in [9.17, 15) is 9.59 Å². The lowest BCUT2D eigenvalue weighted by Crippen LogP contribution is -2.57. The molecule has 150 valence electrons. The molecule has 0 atom stereocenters. The van der Waals surface area contributed by atoms with Crippen LogP contribution in [0.1, 0.15) is 20.9 Å². The maximum Gasteiger partial charge on any atom is 0.270 e. The highest BCUT2D eigenvalue weighted by Gasteiger charge is 2.42. The molecule has 0 bridgehead atoms. The van der Waals surface area contributed by atoms with Gasteiger partial charge in [-0.15, -0.1) is 11.3 Å². The average molecular weight is 433 g/mol. The summed E-state index contributed by atoms with van der Waals surface area (Å²) in [7, 11) is 0. The van der Waals surface area contributed by atoms with E-state index < -0.39 is 11.8 Å². The van der Waals surface area contributed by atoms with E-state index in [1.54, 1.807) is 6.08 Å². The molecule has 1 aliphatic rings. The first-order chi connectivity index (χ1) is 14.4. The summed E-state index contributed by atoms with van der Waals surface area (Å²) < 4.78 is 0. The second-order valence-corrected chi connectivity index (χ2v) is 8.83. The molecule has 1 saturated heterocycles. The van der Waals surface area contributed by atoms with Gasteiger partial charge in [-0.1, -0.05) is 36.4 Å². The van der Waals surface area contributed by atoms with Crippen LogP contribution in [0.5, 0.6) is 0 Å². The number of carbonyl (C=O) groups excluding carboxylic acids is 2. The largest absolute Gasteiger partial charge is 0.270 e. The fourth-order valence-corrected chi connectivity index (χ4v) is 4.64. The van der Waals surface area contributed by atoms with Gasteiger partial charge >= 0.3 is 0 Å². The van der Waals surface area contributed by atoms with Gasteiger partial charge in [0.15, 0.2) is 5.11 Å². The minimum atomic E-state index is -0.407. The molecule has 2 amide bonds. The Labute approximate surface area is 185 Å². The van der Waals surface area contributed by atoms with Gasteiger partial charge in [0.1, 0.15) is 5.57 Å². The maximum absolute atomic E-state index is 13.5. The molecule has 0 aliphatic carbocycles. The molecule has 6 heteroatoms. The number of carbonyl (C=O) groups is 2. The fourth-order valence-electron chi connectivity index (χ4n) is 3.46. The van der Waals surface area contributed by atoms with Crippen LogP contribution in [0.25, 0.3) is 6.08 Å². The zero-order valence-corrected chi connectivity index (χ0v) is 18.5. The molecule has 0 spiro atoms. The second kappa shape index (κ2) is 7.97. The Kier molecular flexibility index (Phi) is 5.37. The predicted octanol–water partition coefficient (Wildman–Crippen LogP) is 5.42. The standard InChI is InChI=1S/C24H20N2O2S2/c1-15-8-4-6-10-20(15)25-22(27)19(14-18-13-12-17(3)30-18)23(28)26(24(25)29)21-11-7-5-9-16(21)2/h4-14H,1-3H3. The van der Waals surface area contributed by atoms with Crippen molar-refractivity contribution < 1.29 is 9.59 Å². The molecule has 1 aliphatic heterocycles. The highest BCUT2D eigenvalue weighted by Crippen LogP contribution is 2.33. The van der Waals surface area contributed by atoms with E-state index in [2.05, 4.69) is 0 Å². The van der Waals surface area contributed by atoms with E-state index in [0.717, 1.165) is 20.9 Å². The van der Waals surface area contributed by atoms with Crippen molar-refractivity contribution in [1.29, 1.82) is 0 Å². The van der Waals surface area contributed by atoms with Crippen LogP contribution in [0.15, 0.2) is 66.2 Å². The van der Waals surface area contributed by atoms with Crippen LogP contribution < -0.4 is 9.80 Å². The molecule has 4 nitrogen and oxygen atoms in total. The zero-order valence-electron chi connectivity index (χ0n) is 16.9. The van der Waals surface area contributed by atoms with Crippen molar-refractivity contribution in [2.75, 3.05) is 9.80 Å². The van der Waals surface area contributed by atoms with Gasteiger partial charge in [0.05, 0.1) is 11.4 Å². The van der Waals surface area contributed by atoms with Crippen molar-refractivity contribution in [3.8, 4) is 0 Å². The molecule has 4 rings (SSSR count). The Morgan fingerprint density at radius 1 is 0.767 bits per heavy atom. The van der Waals surface area contributed by atoms with Gasteiger partial charge in [0.25, 0.3) is 11.8 Å². The van der Waals surface area contributed by atoms with Gasteiger partial charge in [-0.2, -0.15) is 0 Å². The van der Waals surface area contributed by atoms with Gasteiger partial charge in [0, 0.05) is 9.75 Å². The van der Waals surface area contributed by atoms with Crippen LogP contribution in [0, 0.1) is 20.8 Å². The number of hydrogen-bond acceptors (Lipinski definition) is 4. The number of aryl methyl sites for hydroxylation is 3. The van der Waals surface area contributed by atoms with Gasteiger partial charge in [-0.05, 0) is 74.5 Å². The molecular formula is C24H20N2O2S2. The van der Waals surface area contributed by atoms with Crippen LogP contribution in [0.3, 0.4) is 0 Å². The summed E-state index contributed by atoms with van der Waals surface area (Å²) >= 11 is 7.23. The van der Waals surface area contributed by atoms with Crippen LogP contribution in [0.2, 0.25) is 0 Å². The monoisotopic (exact) mass is 432 g/mol. The number of benzene rings is 2. The SMILES string of the molecule is Cc1ccc(C=C2C(=O)N(c3ccccc3C)C(=S)N(c3ccccc3C)C2=O)s1. The minimum Gasteiger partial charge on any atom is -0.268 e. The number of thiocarbonyl (C=S) groups is 1. The van der Waals surface area contributed by atoms with Crippen molar-refractivity contribution in [1.82, 2.24) is 0 Å². The van der Waals surface area contributed by atoms with Crippen molar-refractivity contribution in [2.45, 2.75) is 20.8 Å². The summed E-state index contributed by atoms with van der Waals surface area (Å²) in [5, 5.41) is 0.160. The van der Waals surface area contributed by atoms with E-state index in [0.29, 0.717) is 11.4 Å². The minimum absolute atomic E-state index is 0.0944. The Morgan fingerprint density at radius 2 is 1.27 bits per heavy atom. The third kappa shape index (κ3) is 3.49. The normalized spacial score (nSPS) is 14.5. The molecule has 3 aromatic rings. The van der Waals surface area contributed by atoms with Gasteiger partial charge in [-0.3, -0.25) is 19.4 Å². The third-order valence-electron chi connectivity index (χ3n) is 5.01. The molecule has 0 saturated carbocycles. The summed E-state index contributed by atoms with van der Waals surface area (Å²) in [6, 6.07) is 19.0. The molecule has 2 heterocycles. The quantitative estimate of drug-likeness (QED) is 0.315. The lowest BCUT2D eigenvalue weighted by molar-refractivity contribution is -0.120. The van der Waals surface area contributed by atoms with Crippen molar-refractivity contribution in [3.05, 3.63) is 87.1 Å². The molecule has 1 fully saturated rings. The number of para-hydroxylation sites is 2. The fraction of sp³-hybridized carbons (Fsp3) is 0.125. The number of nitrogens with zero attached hydrogens (tertiary/aromatic N) is 2. The van der Waals surface area contributed by atoms with E-state index in [1.807, 2.05) is 81.4 Å². The summed E-state index contributed by atoms with van der Waals surface area (Å²) in [4.78, 5) is 31.9. The van der Waals surface area contributed by atoms with Crippen LogP contribution in [-0.4, -0.2) is 16.9 Å². The topological polar surface area (TPSA) is 40.6 Å². The van der Waals surface area contributed by atoms with E-state index in [1.165, 1.54) is 21.1 Å². The summed E-state index contributed by atoms with van der Waals surface area (Å²) in [5.41, 5.74) is 3.24. The number of rotatable bonds is 3. The number of anilines is 2. The number of hydrogen-bond donors (Lipinski definition) is 0. The van der Waals surface area contributed by atoms with E-state index in [4.69, 9.17) is 12.2 Å². The van der Waals surface area contributed by atoms with Gasteiger partial charge in [-0.25, -0.2) is 0 Å². The van der Waals surface area contributed by atoms with Gasteiger partial charge in [0.2, 0.25) is 0 Å². The predicted molar refractivity (Wildman–Crippen MR) is 127 cm³/mol. The molecule has 0 unspecified atom stereocenters. The van der Waals surface area contributed by atoms with Crippen LogP contribution >= 0.6 is 23.6 Å². The van der Waals surface area contributed by atoms with Crippen molar-refractivity contribution in [3.63, 3.8) is 0 Å². The molecule has 2 aromatic carbocycles. The Bertz CT molecular complexity index is 1140. The molecular weight excluding hydrogens is 412 g/mol. The first kappa shape index (κ1) is 20.2. The van der Waals surface area contributed by atoms with Crippen LogP contribution in [-0.2, 0) is 9.59 Å². The Morgan fingerprint density at radius 3 is 1.70 bits per heavy atom. The number of thiophene rings is 1. The lowest BCUT2D eigenvalue weighted by atomic mass is 10.1. The maximum atomic E-state index is 13.5. The second-order valence-electron chi connectivity index (χ2n) is 7.14. The first-order valence-corrected chi connectivity index (χ1v) is 10.7. The van der Waals surface area contributed by atoms with E-state index in [-0.39, 0.29) is 10.7 Å². The summed E-state index contributed by atoms with van der Waals surface area (Å²) in [5.74, 6) is -0.814.